The molecule has 5 unspecified atom stereocenters. The molecule has 0 fully saturated rings. The molecular weight excluding hydrogens is 1310 g/mol. The third-order valence-corrected chi connectivity index (χ3v) is 18.7. The van der Waals surface area contributed by atoms with E-state index in [-0.39, 0.29) is 25.7 Å². The lowest BCUT2D eigenvalue weighted by atomic mass is 10.0. The van der Waals surface area contributed by atoms with Crippen molar-refractivity contribution in [1.82, 2.24) is 0 Å². The summed E-state index contributed by atoms with van der Waals surface area (Å²) >= 11 is 0. The Morgan fingerprint density at radius 3 is 0.860 bits per heavy atom. The Morgan fingerprint density at radius 1 is 0.290 bits per heavy atom. The number of esters is 4. The minimum Gasteiger partial charge on any atom is -0.462 e. The van der Waals surface area contributed by atoms with Crippen molar-refractivity contribution < 1.29 is 80.2 Å². The largest absolute Gasteiger partial charge is 0.472 e. The smallest absolute Gasteiger partial charge is 0.462 e. The molecule has 0 rings (SSSR count). The molecular formula is C81H144O17P2. The third kappa shape index (κ3) is 72.6. The van der Waals surface area contributed by atoms with Crippen molar-refractivity contribution in [2.24, 2.45) is 0 Å². The summed E-state index contributed by atoms with van der Waals surface area (Å²) in [5.74, 6) is -2.19. The van der Waals surface area contributed by atoms with E-state index in [1.54, 1.807) is 0 Å². The first kappa shape index (κ1) is 96.2. The molecule has 0 bridgehead atoms. The molecule has 0 aliphatic rings. The maximum absolute atomic E-state index is 13.1. The second-order valence-corrected chi connectivity index (χ2v) is 29.5. The first-order valence-electron chi connectivity index (χ1n) is 39.8. The lowest BCUT2D eigenvalue weighted by Gasteiger charge is -2.21. The summed E-state index contributed by atoms with van der Waals surface area (Å²) in [7, 11) is -9.95. The Labute approximate surface area is 608 Å². The van der Waals surface area contributed by atoms with Crippen LogP contribution in [-0.2, 0) is 65.4 Å². The van der Waals surface area contributed by atoms with Crippen molar-refractivity contribution in [2.45, 2.75) is 367 Å². The molecule has 0 aromatic heterocycles. The highest BCUT2D eigenvalue weighted by Gasteiger charge is 2.30. The number of phosphoric acid groups is 2. The van der Waals surface area contributed by atoms with Crippen LogP contribution in [0, 0.1) is 0 Å². The number of carbonyl (C=O) groups is 4. The maximum atomic E-state index is 13.1. The molecule has 0 heterocycles. The molecule has 0 radical (unpaired) electrons. The van der Waals surface area contributed by atoms with Crippen LogP contribution in [-0.4, -0.2) is 96.7 Å². The first-order valence-corrected chi connectivity index (χ1v) is 42.8. The maximum Gasteiger partial charge on any atom is 0.472 e. The normalized spacial score (nSPS) is 14.3. The van der Waals surface area contributed by atoms with Crippen LogP contribution in [0.15, 0.2) is 85.1 Å². The van der Waals surface area contributed by atoms with Crippen molar-refractivity contribution in [3.63, 3.8) is 0 Å². The monoisotopic (exact) mass is 1450 g/mol. The topological polar surface area (TPSA) is 237 Å². The van der Waals surface area contributed by atoms with E-state index in [1.807, 2.05) is 0 Å². The number of allylic oxidation sites excluding steroid dienone is 14. The molecule has 0 spiro atoms. The van der Waals surface area contributed by atoms with E-state index in [2.05, 4.69) is 113 Å². The van der Waals surface area contributed by atoms with E-state index in [0.717, 1.165) is 173 Å². The summed E-state index contributed by atoms with van der Waals surface area (Å²) in [5.41, 5.74) is 0. The van der Waals surface area contributed by atoms with Gasteiger partial charge < -0.3 is 33.8 Å². The SMILES string of the molecule is CC/C=C\C/C=C\C/C=C\C/C=C\CCCCCCCCC(=O)OCC(COP(=O)(O)OCC(O)COP(=O)(O)OCC(COC(=O)CCCCCCC/C=C\C/C=C\CCCCC)OC(=O)CCCCCCCCCCCCCCCCC)OC(=O)CCCCCCC/C=C\CCCC. The Balaban J connectivity index is 5.31. The van der Waals surface area contributed by atoms with E-state index in [9.17, 15) is 43.2 Å². The summed E-state index contributed by atoms with van der Waals surface area (Å²) < 4.78 is 68.5. The standard InChI is InChI=1S/C81H144O17P2/c1-5-9-13-17-21-25-29-32-35-36-37-38-41-43-47-50-54-58-62-66-79(84)91-71-76(97-80(85)67-63-59-55-51-45-28-24-20-16-12-8-4)73-95-99(87,88)93-69-75(82)70-94-100(89,90)96-74-77(98-81(86)68-64-60-56-52-48-44-40-34-31-27-23-19-15-11-7-3)72-92-78(83)65-61-57-53-49-46-42-39-33-30-26-22-18-14-10-6-2/h9,13,20-22,24-26,32-33,35,37-39,75-77,82H,5-8,10-12,14-19,23,27-31,34,36,40-74H2,1-4H3,(H,87,88)(H,89,90)/b13-9-,24-20-,25-21-,26-22-,35-32-,38-37-,39-33-. The van der Waals surface area contributed by atoms with Gasteiger partial charge in [0.1, 0.15) is 19.3 Å². The molecule has 0 saturated heterocycles. The molecule has 0 aliphatic carbocycles. The molecule has 0 amide bonds. The van der Waals surface area contributed by atoms with Crippen LogP contribution in [0.4, 0.5) is 0 Å². The van der Waals surface area contributed by atoms with Crippen LogP contribution in [0.1, 0.15) is 349 Å². The Bertz CT molecular complexity index is 2230. The average molecular weight is 1450 g/mol. The quantitative estimate of drug-likeness (QED) is 0.0169. The minimum atomic E-state index is -4.98. The van der Waals surface area contributed by atoms with Gasteiger partial charge in [0.2, 0.25) is 0 Å². The zero-order valence-electron chi connectivity index (χ0n) is 63.4. The second-order valence-electron chi connectivity index (χ2n) is 26.6. The molecule has 100 heavy (non-hydrogen) atoms. The molecule has 5 atom stereocenters. The Morgan fingerprint density at radius 2 is 0.530 bits per heavy atom. The van der Waals surface area contributed by atoms with E-state index >= 15 is 0 Å². The highest BCUT2D eigenvalue weighted by atomic mass is 31.2. The van der Waals surface area contributed by atoms with Crippen molar-refractivity contribution in [3.05, 3.63) is 85.1 Å². The van der Waals surface area contributed by atoms with Gasteiger partial charge in [-0.3, -0.25) is 37.3 Å². The van der Waals surface area contributed by atoms with Gasteiger partial charge in [-0.15, -0.1) is 0 Å². The van der Waals surface area contributed by atoms with E-state index in [4.69, 9.17) is 37.0 Å². The van der Waals surface area contributed by atoms with Gasteiger partial charge in [0.05, 0.1) is 26.4 Å². The zero-order valence-corrected chi connectivity index (χ0v) is 65.2. The van der Waals surface area contributed by atoms with Gasteiger partial charge in [0.25, 0.3) is 0 Å². The van der Waals surface area contributed by atoms with Gasteiger partial charge in [-0.05, 0) is 116 Å². The summed E-state index contributed by atoms with van der Waals surface area (Å²) in [6.45, 7) is 4.71. The fraction of sp³-hybridized carbons (Fsp3) is 0.778. The molecule has 17 nitrogen and oxygen atoms in total. The highest BCUT2D eigenvalue weighted by Crippen LogP contribution is 2.45. The van der Waals surface area contributed by atoms with Gasteiger partial charge in [0.15, 0.2) is 12.2 Å². The summed E-state index contributed by atoms with van der Waals surface area (Å²) in [6.07, 6.45) is 75.6. The first-order chi connectivity index (χ1) is 48.7. The molecule has 0 saturated carbocycles. The lowest BCUT2D eigenvalue weighted by molar-refractivity contribution is -0.161. The number of aliphatic hydroxyl groups is 1. The number of carbonyl (C=O) groups excluding carboxylic acids is 4. The zero-order chi connectivity index (χ0) is 73.2. The van der Waals surface area contributed by atoms with Gasteiger partial charge in [-0.25, -0.2) is 9.13 Å². The summed E-state index contributed by atoms with van der Waals surface area (Å²) in [6, 6.07) is 0. The van der Waals surface area contributed by atoms with E-state index < -0.39 is 97.5 Å². The lowest BCUT2D eigenvalue weighted by Crippen LogP contribution is -2.30. The van der Waals surface area contributed by atoms with Crippen LogP contribution in [0.25, 0.3) is 0 Å². The fourth-order valence-electron chi connectivity index (χ4n) is 10.8. The van der Waals surface area contributed by atoms with E-state index in [1.165, 1.54) is 96.3 Å². The van der Waals surface area contributed by atoms with Crippen molar-refractivity contribution in [3.8, 4) is 0 Å². The second kappa shape index (κ2) is 73.5. The molecule has 0 aliphatic heterocycles. The highest BCUT2D eigenvalue weighted by molar-refractivity contribution is 7.47. The van der Waals surface area contributed by atoms with Crippen molar-refractivity contribution in [2.75, 3.05) is 39.6 Å². The predicted octanol–water partition coefficient (Wildman–Crippen LogP) is 23.0. The average Bonchev–Trinajstić information content (AvgIpc) is 0.953. The number of unbranched alkanes of at least 4 members (excludes halogenated alkanes) is 35. The minimum absolute atomic E-state index is 0.0821. The predicted molar refractivity (Wildman–Crippen MR) is 409 cm³/mol. The molecule has 19 heteroatoms. The number of hydrogen-bond acceptors (Lipinski definition) is 15. The van der Waals surface area contributed by atoms with Crippen molar-refractivity contribution in [1.29, 1.82) is 0 Å². The fourth-order valence-corrected chi connectivity index (χ4v) is 12.3. The Hall–Kier alpha value is -3.76. The molecule has 0 aromatic rings. The third-order valence-electron chi connectivity index (χ3n) is 16.8. The van der Waals surface area contributed by atoms with Gasteiger partial charge in [-0.2, -0.15) is 0 Å². The van der Waals surface area contributed by atoms with Gasteiger partial charge >= 0.3 is 39.5 Å². The van der Waals surface area contributed by atoms with Crippen LogP contribution < -0.4 is 0 Å². The Kier molecular flexibility index (Phi) is 70.8. The number of rotatable bonds is 75. The van der Waals surface area contributed by atoms with Gasteiger partial charge in [-0.1, -0.05) is 293 Å². The number of ether oxygens (including phenoxy) is 4. The van der Waals surface area contributed by atoms with Crippen LogP contribution in [0.5, 0.6) is 0 Å². The van der Waals surface area contributed by atoms with Crippen LogP contribution >= 0.6 is 15.6 Å². The summed E-state index contributed by atoms with van der Waals surface area (Å²) in [4.78, 5) is 72.9. The number of phosphoric ester groups is 2. The molecule has 3 N–H and O–H groups in total. The molecule has 580 valence electrons. The van der Waals surface area contributed by atoms with E-state index in [0.29, 0.717) is 25.7 Å². The number of hydrogen-bond donors (Lipinski definition) is 3. The van der Waals surface area contributed by atoms with Crippen LogP contribution in [0.2, 0.25) is 0 Å². The van der Waals surface area contributed by atoms with Gasteiger partial charge in [0, 0.05) is 25.7 Å². The molecule has 0 aromatic carbocycles. The van der Waals surface area contributed by atoms with Crippen molar-refractivity contribution >= 4 is 39.5 Å². The summed E-state index contributed by atoms with van der Waals surface area (Å²) in [5, 5.41) is 10.6. The van der Waals surface area contributed by atoms with Crippen LogP contribution in [0.3, 0.4) is 0 Å². The number of aliphatic hydroxyl groups excluding tert-OH is 1.